The molecule has 1 unspecified atom stereocenters. The van der Waals surface area contributed by atoms with E-state index in [0.29, 0.717) is 23.8 Å². The lowest BCUT2D eigenvalue weighted by atomic mass is 10.2. The Kier molecular flexibility index (Phi) is 4.21. The lowest BCUT2D eigenvalue weighted by molar-refractivity contribution is -0.136. The molecular formula is C13H15N3O2S. The maximum Gasteiger partial charge on any atom is 0.316 e. The summed E-state index contributed by atoms with van der Waals surface area (Å²) in [5.74, 6) is 0.645. The number of carboxylic acid groups (broad SMARTS) is 1. The van der Waals surface area contributed by atoms with E-state index < -0.39 is 11.2 Å². The summed E-state index contributed by atoms with van der Waals surface area (Å²) in [6.45, 7) is 1.85. The molecule has 1 aromatic carbocycles. The maximum absolute atomic E-state index is 10.9. The van der Waals surface area contributed by atoms with Crippen LogP contribution < -0.4 is 5.73 Å². The molecule has 2 rings (SSSR count). The molecule has 0 amide bonds. The molecule has 0 aliphatic carbocycles. The minimum Gasteiger partial charge on any atom is -0.480 e. The molecule has 0 fully saturated rings. The highest BCUT2D eigenvalue weighted by atomic mass is 32.2. The van der Waals surface area contributed by atoms with E-state index >= 15 is 0 Å². The van der Waals surface area contributed by atoms with Crippen molar-refractivity contribution in [3.63, 3.8) is 0 Å². The van der Waals surface area contributed by atoms with Gasteiger partial charge in [-0.05, 0) is 18.6 Å². The summed E-state index contributed by atoms with van der Waals surface area (Å²) in [4.78, 5) is 19.6. The molecule has 0 aliphatic heterocycles. The van der Waals surface area contributed by atoms with Crippen molar-refractivity contribution in [1.82, 2.24) is 9.97 Å². The number of fused-ring (bicyclic) bond motifs is 1. The Bertz CT molecular complexity index is 603. The van der Waals surface area contributed by atoms with Crippen molar-refractivity contribution in [3.05, 3.63) is 30.1 Å². The van der Waals surface area contributed by atoms with Crippen molar-refractivity contribution in [2.75, 3.05) is 5.73 Å². The maximum atomic E-state index is 10.9. The Hall–Kier alpha value is -1.82. The van der Waals surface area contributed by atoms with Crippen molar-refractivity contribution in [1.29, 1.82) is 0 Å². The molecule has 19 heavy (non-hydrogen) atoms. The SMILES string of the molecule is CCC(SCc1nc(N)c2ccccc2n1)C(=O)O. The number of hydrogen-bond donors (Lipinski definition) is 2. The monoisotopic (exact) mass is 277 g/mol. The van der Waals surface area contributed by atoms with Crippen LogP contribution in [-0.2, 0) is 10.5 Å². The first kappa shape index (κ1) is 13.6. The van der Waals surface area contributed by atoms with E-state index in [1.807, 2.05) is 31.2 Å². The van der Waals surface area contributed by atoms with Gasteiger partial charge >= 0.3 is 5.97 Å². The quantitative estimate of drug-likeness (QED) is 0.871. The minimum atomic E-state index is -0.804. The summed E-state index contributed by atoms with van der Waals surface area (Å²) in [5, 5.41) is 9.38. The predicted molar refractivity (Wildman–Crippen MR) is 77.0 cm³/mol. The number of nitrogen functional groups attached to an aromatic ring is 1. The molecule has 2 aromatic rings. The van der Waals surface area contributed by atoms with Gasteiger partial charge in [0, 0.05) is 5.39 Å². The van der Waals surface area contributed by atoms with E-state index in [1.54, 1.807) is 0 Å². The number of carboxylic acids is 1. The highest BCUT2D eigenvalue weighted by molar-refractivity contribution is 7.99. The number of nitrogens with two attached hydrogens (primary N) is 1. The van der Waals surface area contributed by atoms with Crippen molar-refractivity contribution < 1.29 is 9.90 Å². The van der Waals surface area contributed by atoms with E-state index in [9.17, 15) is 4.79 Å². The van der Waals surface area contributed by atoms with Gasteiger partial charge in [-0.25, -0.2) is 9.97 Å². The molecular weight excluding hydrogens is 262 g/mol. The molecule has 0 saturated carbocycles. The molecule has 5 nitrogen and oxygen atoms in total. The van der Waals surface area contributed by atoms with Gasteiger partial charge < -0.3 is 10.8 Å². The van der Waals surface area contributed by atoms with E-state index in [-0.39, 0.29) is 0 Å². The second-order valence-electron chi connectivity index (χ2n) is 4.09. The first-order valence-electron chi connectivity index (χ1n) is 5.97. The molecule has 1 heterocycles. The average Bonchev–Trinajstić information content (AvgIpc) is 2.39. The van der Waals surface area contributed by atoms with Crippen molar-refractivity contribution in [2.45, 2.75) is 24.3 Å². The van der Waals surface area contributed by atoms with E-state index in [0.717, 1.165) is 10.9 Å². The number of aromatic nitrogens is 2. The Morgan fingerprint density at radius 3 is 2.84 bits per heavy atom. The lowest BCUT2D eigenvalue weighted by Gasteiger charge is -2.09. The second-order valence-corrected chi connectivity index (χ2v) is 5.28. The van der Waals surface area contributed by atoms with Gasteiger partial charge in [0.25, 0.3) is 0 Å². The number of nitrogens with zero attached hydrogens (tertiary/aromatic N) is 2. The molecule has 0 radical (unpaired) electrons. The summed E-state index contributed by atoms with van der Waals surface area (Å²) < 4.78 is 0. The van der Waals surface area contributed by atoms with Gasteiger partial charge in [-0.1, -0.05) is 19.1 Å². The number of carbonyl (C=O) groups is 1. The highest BCUT2D eigenvalue weighted by Crippen LogP contribution is 2.22. The van der Waals surface area contributed by atoms with E-state index in [2.05, 4.69) is 9.97 Å². The number of rotatable bonds is 5. The third-order valence-corrected chi connectivity index (χ3v) is 4.10. The van der Waals surface area contributed by atoms with Gasteiger partial charge in [-0.3, -0.25) is 4.79 Å². The molecule has 6 heteroatoms. The molecule has 0 spiro atoms. The number of para-hydroxylation sites is 1. The third-order valence-electron chi connectivity index (χ3n) is 2.74. The van der Waals surface area contributed by atoms with Crippen LogP contribution in [0.25, 0.3) is 10.9 Å². The standard InChI is InChI=1S/C13H15N3O2S/c1-2-10(13(17)18)19-7-11-15-9-6-4-3-5-8(9)12(14)16-11/h3-6,10H,2,7H2,1H3,(H,17,18)(H2,14,15,16). The van der Waals surface area contributed by atoms with Gasteiger partial charge in [-0.2, -0.15) is 0 Å². The molecule has 0 aliphatic rings. The van der Waals surface area contributed by atoms with Crippen LogP contribution in [0.3, 0.4) is 0 Å². The minimum absolute atomic E-state index is 0.434. The summed E-state index contributed by atoms with van der Waals surface area (Å²) >= 11 is 1.32. The van der Waals surface area contributed by atoms with Crippen molar-refractivity contribution in [3.8, 4) is 0 Å². The summed E-state index contributed by atoms with van der Waals surface area (Å²) in [7, 11) is 0. The predicted octanol–water partition coefficient (Wildman–Crippen LogP) is 2.31. The van der Waals surface area contributed by atoms with Crippen LogP contribution >= 0.6 is 11.8 Å². The zero-order valence-corrected chi connectivity index (χ0v) is 11.4. The van der Waals surface area contributed by atoms with Crippen LogP contribution in [-0.4, -0.2) is 26.3 Å². The fraction of sp³-hybridized carbons (Fsp3) is 0.308. The van der Waals surface area contributed by atoms with Gasteiger partial charge in [0.2, 0.25) is 0 Å². The zero-order chi connectivity index (χ0) is 13.8. The van der Waals surface area contributed by atoms with Crippen molar-refractivity contribution >= 4 is 34.5 Å². The van der Waals surface area contributed by atoms with E-state index in [4.69, 9.17) is 10.8 Å². The smallest absolute Gasteiger partial charge is 0.316 e. The Labute approximate surface area is 115 Å². The van der Waals surface area contributed by atoms with Crippen LogP contribution in [0.5, 0.6) is 0 Å². The van der Waals surface area contributed by atoms with E-state index in [1.165, 1.54) is 11.8 Å². The Balaban J connectivity index is 2.19. The Morgan fingerprint density at radius 1 is 1.42 bits per heavy atom. The van der Waals surface area contributed by atoms with Crippen LogP contribution in [0.15, 0.2) is 24.3 Å². The Morgan fingerprint density at radius 2 is 2.16 bits per heavy atom. The van der Waals surface area contributed by atoms with Crippen LogP contribution in [0, 0.1) is 0 Å². The lowest BCUT2D eigenvalue weighted by Crippen LogP contribution is -2.15. The molecule has 100 valence electrons. The number of benzene rings is 1. The average molecular weight is 277 g/mol. The first-order chi connectivity index (χ1) is 9.11. The zero-order valence-electron chi connectivity index (χ0n) is 10.5. The highest BCUT2D eigenvalue weighted by Gasteiger charge is 2.16. The van der Waals surface area contributed by atoms with Gasteiger partial charge in [0.05, 0.1) is 11.3 Å². The summed E-state index contributed by atoms with van der Waals surface area (Å²) in [6, 6.07) is 7.51. The van der Waals surface area contributed by atoms with Gasteiger partial charge in [0.15, 0.2) is 0 Å². The molecule has 1 atom stereocenters. The van der Waals surface area contributed by atoms with Gasteiger partial charge in [-0.15, -0.1) is 11.8 Å². The molecule has 0 bridgehead atoms. The van der Waals surface area contributed by atoms with Crippen LogP contribution in [0.2, 0.25) is 0 Å². The summed E-state index contributed by atoms with van der Waals surface area (Å²) in [6.07, 6.45) is 0.572. The molecule has 1 aromatic heterocycles. The largest absolute Gasteiger partial charge is 0.480 e. The van der Waals surface area contributed by atoms with Crippen LogP contribution in [0.1, 0.15) is 19.2 Å². The number of anilines is 1. The molecule has 0 saturated heterocycles. The first-order valence-corrected chi connectivity index (χ1v) is 7.02. The fourth-order valence-electron chi connectivity index (χ4n) is 1.75. The summed E-state index contributed by atoms with van der Waals surface area (Å²) in [5.41, 5.74) is 6.67. The third kappa shape index (κ3) is 3.14. The van der Waals surface area contributed by atoms with Gasteiger partial charge in [0.1, 0.15) is 16.9 Å². The normalized spacial score (nSPS) is 12.5. The number of hydrogen-bond acceptors (Lipinski definition) is 5. The van der Waals surface area contributed by atoms with Crippen molar-refractivity contribution in [2.24, 2.45) is 0 Å². The number of thioether (sulfide) groups is 1. The molecule has 3 N–H and O–H groups in total. The fourth-order valence-corrected chi connectivity index (χ4v) is 2.61. The van der Waals surface area contributed by atoms with Crippen LogP contribution in [0.4, 0.5) is 5.82 Å². The second kappa shape index (κ2) is 5.88. The number of aliphatic carboxylic acids is 1. The topological polar surface area (TPSA) is 89.1 Å².